The lowest BCUT2D eigenvalue weighted by atomic mass is 10.1. The van der Waals surface area contributed by atoms with Crippen LogP contribution in [-0.4, -0.2) is 5.91 Å². The van der Waals surface area contributed by atoms with Crippen molar-refractivity contribution in [2.45, 2.75) is 20.3 Å². The summed E-state index contributed by atoms with van der Waals surface area (Å²) in [5.74, 6) is 0.169. The third-order valence-corrected chi connectivity index (χ3v) is 2.89. The zero-order chi connectivity index (χ0) is 10.6. The van der Waals surface area contributed by atoms with Gasteiger partial charge in [-0.05, 0) is 53.3 Å². The van der Waals surface area contributed by atoms with Crippen LogP contribution in [-0.2, 0) is 4.79 Å². The number of anilines is 1. The minimum Gasteiger partial charge on any atom is -0.326 e. The van der Waals surface area contributed by atoms with E-state index >= 15 is 0 Å². The third-order valence-electron chi connectivity index (χ3n) is 2.17. The maximum Gasteiger partial charge on any atom is 0.227 e. The summed E-state index contributed by atoms with van der Waals surface area (Å²) < 4.78 is 1.17. The van der Waals surface area contributed by atoms with Crippen molar-refractivity contribution in [2.24, 2.45) is 5.92 Å². The molecule has 14 heavy (non-hydrogen) atoms. The largest absolute Gasteiger partial charge is 0.326 e. The van der Waals surface area contributed by atoms with Crippen LogP contribution >= 0.6 is 22.6 Å². The van der Waals surface area contributed by atoms with Crippen molar-refractivity contribution in [3.63, 3.8) is 0 Å². The second-order valence-corrected chi connectivity index (χ2v) is 4.55. The Kier molecular flexibility index (Phi) is 4.38. The summed E-state index contributed by atoms with van der Waals surface area (Å²) in [4.78, 5) is 11.5. The molecule has 0 aliphatic carbocycles. The monoisotopic (exact) mass is 303 g/mol. The molecule has 1 atom stereocenters. The van der Waals surface area contributed by atoms with E-state index in [9.17, 15) is 4.79 Å². The summed E-state index contributed by atoms with van der Waals surface area (Å²) in [5.41, 5.74) is 0.871. The fraction of sp³-hybridized carbons (Fsp3) is 0.364. The number of hydrogen-bond acceptors (Lipinski definition) is 1. The van der Waals surface area contributed by atoms with E-state index in [2.05, 4.69) is 27.9 Å². The molecule has 0 radical (unpaired) electrons. The first kappa shape index (κ1) is 11.5. The summed E-state index contributed by atoms with van der Waals surface area (Å²) in [6.45, 7) is 3.94. The number of hydrogen-bond donors (Lipinski definition) is 1. The molecule has 0 heterocycles. The number of halogens is 1. The van der Waals surface area contributed by atoms with Gasteiger partial charge >= 0.3 is 0 Å². The van der Waals surface area contributed by atoms with Crippen LogP contribution in [0.4, 0.5) is 5.69 Å². The molecule has 0 saturated heterocycles. The molecule has 1 N–H and O–H groups in total. The zero-order valence-corrected chi connectivity index (χ0v) is 10.5. The summed E-state index contributed by atoms with van der Waals surface area (Å²) >= 11 is 2.24. The normalized spacial score (nSPS) is 12.2. The first-order valence-corrected chi connectivity index (χ1v) is 5.77. The smallest absolute Gasteiger partial charge is 0.227 e. The molecule has 1 amide bonds. The highest BCUT2D eigenvalue weighted by atomic mass is 127. The van der Waals surface area contributed by atoms with Crippen LogP contribution in [0.15, 0.2) is 24.3 Å². The van der Waals surface area contributed by atoms with Gasteiger partial charge in [0.1, 0.15) is 0 Å². The predicted octanol–water partition coefficient (Wildman–Crippen LogP) is 3.28. The van der Waals surface area contributed by atoms with Crippen LogP contribution in [0.1, 0.15) is 20.3 Å². The lowest BCUT2D eigenvalue weighted by molar-refractivity contribution is -0.119. The Balaban J connectivity index is 2.60. The highest BCUT2D eigenvalue weighted by molar-refractivity contribution is 14.1. The maximum atomic E-state index is 11.5. The van der Waals surface area contributed by atoms with Crippen molar-refractivity contribution in [3.8, 4) is 0 Å². The van der Waals surface area contributed by atoms with Gasteiger partial charge in [0.15, 0.2) is 0 Å². The Morgan fingerprint density at radius 1 is 1.43 bits per heavy atom. The Morgan fingerprint density at radius 2 is 2.00 bits per heavy atom. The second kappa shape index (κ2) is 5.34. The molecule has 0 unspecified atom stereocenters. The van der Waals surface area contributed by atoms with Gasteiger partial charge < -0.3 is 5.32 Å². The SMILES string of the molecule is CC[C@H](C)C(=O)Nc1ccc(I)cc1. The molecule has 0 bridgehead atoms. The van der Waals surface area contributed by atoms with E-state index in [1.807, 2.05) is 38.1 Å². The first-order chi connectivity index (χ1) is 6.63. The second-order valence-electron chi connectivity index (χ2n) is 3.31. The van der Waals surface area contributed by atoms with Crippen molar-refractivity contribution in [2.75, 3.05) is 5.32 Å². The average Bonchev–Trinajstić information content (AvgIpc) is 2.20. The van der Waals surface area contributed by atoms with Crippen LogP contribution < -0.4 is 5.32 Å². The van der Waals surface area contributed by atoms with Gasteiger partial charge in [-0.15, -0.1) is 0 Å². The zero-order valence-electron chi connectivity index (χ0n) is 8.38. The molecule has 0 aromatic heterocycles. The highest BCUT2D eigenvalue weighted by Gasteiger charge is 2.09. The van der Waals surface area contributed by atoms with Crippen LogP contribution in [0.3, 0.4) is 0 Å². The Labute approximate surface area is 98.2 Å². The van der Waals surface area contributed by atoms with Gasteiger partial charge in [0, 0.05) is 15.2 Å². The Morgan fingerprint density at radius 3 is 2.50 bits per heavy atom. The Bertz CT molecular complexity index is 308. The predicted molar refractivity (Wildman–Crippen MR) is 67.2 cm³/mol. The van der Waals surface area contributed by atoms with E-state index in [1.165, 1.54) is 3.57 Å². The molecule has 0 fully saturated rings. The quantitative estimate of drug-likeness (QED) is 0.853. The fourth-order valence-corrected chi connectivity index (χ4v) is 1.34. The molecule has 0 aliphatic rings. The first-order valence-electron chi connectivity index (χ1n) is 4.70. The summed E-state index contributed by atoms with van der Waals surface area (Å²) in [6, 6.07) is 7.80. The standard InChI is InChI=1S/C11H14INO/c1-3-8(2)11(14)13-10-6-4-9(12)5-7-10/h4-8H,3H2,1-2H3,(H,13,14)/t8-/m0/s1. The number of carbonyl (C=O) groups excluding carboxylic acids is 1. The lowest BCUT2D eigenvalue weighted by Crippen LogP contribution is -2.19. The number of nitrogens with one attached hydrogen (secondary N) is 1. The molecule has 0 saturated carbocycles. The topological polar surface area (TPSA) is 29.1 Å². The molecule has 0 spiro atoms. The van der Waals surface area contributed by atoms with E-state index in [4.69, 9.17) is 0 Å². The van der Waals surface area contributed by atoms with E-state index in [0.717, 1.165) is 12.1 Å². The lowest BCUT2D eigenvalue weighted by Gasteiger charge is -2.09. The van der Waals surface area contributed by atoms with Crippen LogP contribution in [0.2, 0.25) is 0 Å². The average molecular weight is 303 g/mol. The molecular formula is C11H14INO. The van der Waals surface area contributed by atoms with Gasteiger partial charge in [-0.25, -0.2) is 0 Å². The van der Waals surface area contributed by atoms with Crippen molar-refractivity contribution < 1.29 is 4.79 Å². The van der Waals surface area contributed by atoms with Gasteiger partial charge in [0.25, 0.3) is 0 Å². The molecular weight excluding hydrogens is 289 g/mol. The van der Waals surface area contributed by atoms with Gasteiger partial charge in [0.05, 0.1) is 0 Å². The van der Waals surface area contributed by atoms with Crippen LogP contribution in [0.5, 0.6) is 0 Å². The van der Waals surface area contributed by atoms with Gasteiger partial charge in [0.2, 0.25) is 5.91 Å². The summed E-state index contributed by atoms with van der Waals surface area (Å²) in [6.07, 6.45) is 0.871. The van der Waals surface area contributed by atoms with E-state index < -0.39 is 0 Å². The van der Waals surface area contributed by atoms with Crippen molar-refractivity contribution >= 4 is 34.2 Å². The van der Waals surface area contributed by atoms with Crippen molar-refractivity contribution in [1.29, 1.82) is 0 Å². The van der Waals surface area contributed by atoms with Gasteiger partial charge in [-0.1, -0.05) is 13.8 Å². The van der Waals surface area contributed by atoms with Crippen molar-refractivity contribution in [3.05, 3.63) is 27.8 Å². The number of rotatable bonds is 3. The maximum absolute atomic E-state index is 11.5. The third kappa shape index (κ3) is 3.29. The molecule has 1 aromatic carbocycles. The molecule has 3 heteroatoms. The van der Waals surface area contributed by atoms with E-state index in [0.29, 0.717) is 0 Å². The van der Waals surface area contributed by atoms with Gasteiger partial charge in [-0.3, -0.25) is 4.79 Å². The highest BCUT2D eigenvalue weighted by Crippen LogP contribution is 2.12. The Hall–Kier alpha value is -0.580. The fourth-order valence-electron chi connectivity index (χ4n) is 0.984. The van der Waals surface area contributed by atoms with E-state index in [-0.39, 0.29) is 11.8 Å². The van der Waals surface area contributed by atoms with Crippen molar-refractivity contribution in [1.82, 2.24) is 0 Å². The molecule has 1 aromatic rings. The minimum atomic E-state index is 0.0780. The van der Waals surface area contributed by atoms with Crippen LogP contribution in [0, 0.1) is 9.49 Å². The van der Waals surface area contributed by atoms with Crippen LogP contribution in [0.25, 0.3) is 0 Å². The minimum absolute atomic E-state index is 0.0780. The summed E-state index contributed by atoms with van der Waals surface area (Å²) in [7, 11) is 0. The van der Waals surface area contributed by atoms with E-state index in [1.54, 1.807) is 0 Å². The molecule has 0 aliphatic heterocycles. The number of benzene rings is 1. The number of carbonyl (C=O) groups is 1. The summed E-state index contributed by atoms with van der Waals surface area (Å²) in [5, 5.41) is 2.88. The molecule has 1 rings (SSSR count). The van der Waals surface area contributed by atoms with Gasteiger partial charge in [-0.2, -0.15) is 0 Å². The molecule has 76 valence electrons. The number of amides is 1. The molecule has 2 nitrogen and oxygen atoms in total.